The molecule has 6 atom stereocenters. The van der Waals surface area contributed by atoms with Crippen LogP contribution in [0.5, 0.6) is 0 Å². The molecule has 1 amide bonds. The SMILES string of the molecule is O=C(Nc1ccc2ncsc2c1)[C@@H]1O[C@@H]2COC(c3ccccc3)O[C@@H]2[C@H](n2cc(-c3cc(F)c(Cl)c(F)c3)nn2)[C@H]1O. The van der Waals surface area contributed by atoms with Crippen molar-refractivity contribution in [2.24, 2.45) is 0 Å². The molecule has 0 radical (unpaired) electrons. The maximum Gasteiger partial charge on any atom is 0.256 e. The third-order valence-corrected chi connectivity index (χ3v) is 8.55. The first-order chi connectivity index (χ1) is 20.9. The molecule has 4 heterocycles. The van der Waals surface area contributed by atoms with Crippen molar-refractivity contribution in [1.82, 2.24) is 20.0 Å². The lowest BCUT2D eigenvalue weighted by atomic mass is 9.91. The molecule has 2 saturated heterocycles. The first-order valence-corrected chi connectivity index (χ1v) is 14.5. The zero-order chi connectivity index (χ0) is 29.7. The van der Waals surface area contributed by atoms with Crippen LogP contribution in [0.15, 0.2) is 72.4 Å². The van der Waals surface area contributed by atoms with Crippen molar-refractivity contribution in [3.05, 3.63) is 94.6 Å². The van der Waals surface area contributed by atoms with Gasteiger partial charge in [0.05, 0.1) is 28.5 Å². The molecular formula is C29H22ClF2N5O5S. The zero-order valence-corrected chi connectivity index (χ0v) is 23.6. The third kappa shape index (κ3) is 5.28. The Kier molecular flexibility index (Phi) is 7.37. The van der Waals surface area contributed by atoms with Crippen LogP contribution < -0.4 is 5.32 Å². The van der Waals surface area contributed by atoms with E-state index in [2.05, 4.69) is 20.6 Å². The fraction of sp³-hybridized carbons (Fsp3) is 0.241. The van der Waals surface area contributed by atoms with Gasteiger partial charge in [-0.25, -0.2) is 18.4 Å². The smallest absolute Gasteiger partial charge is 0.256 e. The van der Waals surface area contributed by atoms with Crippen LogP contribution >= 0.6 is 22.9 Å². The number of aliphatic hydroxyl groups is 1. The van der Waals surface area contributed by atoms with Crippen LogP contribution in [0.25, 0.3) is 21.5 Å². The summed E-state index contributed by atoms with van der Waals surface area (Å²) in [4.78, 5) is 17.7. The summed E-state index contributed by atoms with van der Waals surface area (Å²) in [7, 11) is 0. The monoisotopic (exact) mass is 625 g/mol. The molecule has 10 nitrogen and oxygen atoms in total. The van der Waals surface area contributed by atoms with E-state index >= 15 is 0 Å². The van der Waals surface area contributed by atoms with Gasteiger partial charge in [0.1, 0.15) is 46.7 Å². The van der Waals surface area contributed by atoms with E-state index in [1.807, 2.05) is 30.3 Å². The van der Waals surface area contributed by atoms with E-state index in [9.17, 15) is 18.7 Å². The second kappa shape index (κ2) is 11.3. The third-order valence-electron chi connectivity index (χ3n) is 7.40. The number of benzene rings is 3. The van der Waals surface area contributed by atoms with Gasteiger partial charge in [-0.1, -0.05) is 47.1 Å². The molecule has 0 spiro atoms. The number of halogens is 3. The number of nitrogens with one attached hydrogen (secondary N) is 1. The van der Waals surface area contributed by atoms with Gasteiger partial charge >= 0.3 is 0 Å². The summed E-state index contributed by atoms with van der Waals surface area (Å²) in [5.41, 5.74) is 3.97. The van der Waals surface area contributed by atoms with Crippen molar-refractivity contribution in [3.8, 4) is 11.3 Å². The first kappa shape index (κ1) is 28.0. The summed E-state index contributed by atoms with van der Waals surface area (Å²) in [6, 6.07) is 15.6. The van der Waals surface area contributed by atoms with Crippen molar-refractivity contribution in [1.29, 1.82) is 0 Å². The van der Waals surface area contributed by atoms with Crippen LogP contribution in [0, 0.1) is 11.6 Å². The molecule has 2 aromatic heterocycles. The number of fused-ring (bicyclic) bond motifs is 2. The quantitative estimate of drug-likeness (QED) is 0.265. The average Bonchev–Trinajstić information content (AvgIpc) is 3.69. The van der Waals surface area contributed by atoms with E-state index < -0.39 is 59.3 Å². The second-order valence-electron chi connectivity index (χ2n) is 10.1. The van der Waals surface area contributed by atoms with E-state index in [0.29, 0.717) is 5.69 Å². The topological polar surface area (TPSA) is 121 Å². The average molecular weight is 626 g/mol. The van der Waals surface area contributed by atoms with Gasteiger partial charge in [-0.2, -0.15) is 0 Å². The van der Waals surface area contributed by atoms with Gasteiger partial charge in [0.25, 0.3) is 5.91 Å². The van der Waals surface area contributed by atoms with Crippen LogP contribution in [-0.2, 0) is 19.0 Å². The fourth-order valence-corrected chi connectivity index (χ4v) is 6.14. The Hall–Kier alpha value is -3.85. The minimum atomic E-state index is -1.46. The molecule has 0 aliphatic carbocycles. The lowest BCUT2D eigenvalue weighted by Crippen LogP contribution is -2.61. The number of hydrogen-bond donors (Lipinski definition) is 2. The number of thiazole rings is 1. The molecule has 2 aliphatic rings. The Bertz CT molecular complexity index is 1780. The summed E-state index contributed by atoms with van der Waals surface area (Å²) in [6.45, 7) is 0.0548. The number of ether oxygens (including phenoxy) is 3. The predicted molar refractivity (Wildman–Crippen MR) is 152 cm³/mol. The summed E-state index contributed by atoms with van der Waals surface area (Å²) >= 11 is 7.07. The Labute approximate surface area is 251 Å². The molecule has 0 saturated carbocycles. The standard InChI is InChI=1S/C29H22ClF2N5O5S/c30-23-17(31)8-15(9-18(23)32)20-11-37(36-35-20)24-25(38)27(28(39)34-16-6-7-19-22(10-16)43-13-33-19)41-21-12-40-29(42-26(21)24)14-4-2-1-3-5-14/h1-11,13,21,24-27,29,38H,12H2,(H,34,39)/t21-,24-,25-,26+,27-,29?/m1/s1. The molecule has 220 valence electrons. The summed E-state index contributed by atoms with van der Waals surface area (Å²) < 4.78 is 48.9. The maximum absolute atomic E-state index is 14.2. The minimum absolute atomic E-state index is 0.0548. The van der Waals surface area contributed by atoms with E-state index in [1.165, 1.54) is 22.2 Å². The van der Waals surface area contributed by atoms with Crippen molar-refractivity contribution >= 4 is 44.7 Å². The molecule has 7 rings (SSSR count). The number of carbonyl (C=O) groups excluding carboxylic acids is 1. The minimum Gasteiger partial charge on any atom is -0.387 e. The Morgan fingerprint density at radius 3 is 2.67 bits per heavy atom. The second-order valence-corrected chi connectivity index (χ2v) is 11.4. The first-order valence-electron chi connectivity index (χ1n) is 13.2. The number of amides is 1. The van der Waals surface area contributed by atoms with Crippen LogP contribution in [0.2, 0.25) is 5.02 Å². The van der Waals surface area contributed by atoms with Crippen LogP contribution in [0.1, 0.15) is 17.9 Å². The van der Waals surface area contributed by atoms with Crippen LogP contribution in [-0.4, -0.2) is 62.0 Å². The van der Waals surface area contributed by atoms with E-state index in [1.54, 1.807) is 23.7 Å². The highest BCUT2D eigenvalue weighted by Gasteiger charge is 2.53. The van der Waals surface area contributed by atoms with Gasteiger partial charge in [0.15, 0.2) is 12.4 Å². The van der Waals surface area contributed by atoms with Gasteiger partial charge < -0.3 is 24.6 Å². The molecule has 2 fully saturated rings. The molecule has 2 aliphatic heterocycles. The molecule has 0 bridgehead atoms. The number of aromatic nitrogens is 4. The highest BCUT2D eigenvalue weighted by atomic mass is 35.5. The molecular weight excluding hydrogens is 604 g/mol. The van der Waals surface area contributed by atoms with Crippen molar-refractivity contribution < 1.29 is 32.9 Å². The number of anilines is 1. The largest absolute Gasteiger partial charge is 0.387 e. The van der Waals surface area contributed by atoms with Gasteiger partial charge in [0, 0.05) is 16.8 Å². The Morgan fingerprint density at radius 2 is 1.88 bits per heavy atom. The van der Waals surface area contributed by atoms with Crippen LogP contribution in [0.4, 0.5) is 14.5 Å². The van der Waals surface area contributed by atoms with E-state index in [0.717, 1.165) is 27.9 Å². The van der Waals surface area contributed by atoms with Gasteiger partial charge in [-0.15, -0.1) is 16.4 Å². The number of hydrogen-bond acceptors (Lipinski definition) is 9. The highest BCUT2D eigenvalue weighted by molar-refractivity contribution is 7.16. The lowest BCUT2D eigenvalue weighted by molar-refractivity contribution is -0.312. The van der Waals surface area contributed by atoms with Crippen molar-refractivity contribution in [3.63, 3.8) is 0 Å². The number of carbonyl (C=O) groups is 1. The van der Waals surface area contributed by atoms with Crippen molar-refractivity contribution in [2.45, 2.75) is 36.7 Å². The molecule has 3 aromatic carbocycles. The highest BCUT2D eigenvalue weighted by Crippen LogP contribution is 2.40. The summed E-state index contributed by atoms with van der Waals surface area (Å²) in [5, 5.41) is 22.0. The molecule has 14 heteroatoms. The number of aliphatic hydroxyl groups excluding tert-OH is 1. The fourth-order valence-electron chi connectivity index (χ4n) is 5.32. The van der Waals surface area contributed by atoms with Gasteiger partial charge in [-0.3, -0.25) is 4.79 Å². The Balaban J connectivity index is 1.21. The molecule has 2 N–H and O–H groups in total. The van der Waals surface area contributed by atoms with Gasteiger partial charge in [-0.05, 0) is 30.3 Å². The summed E-state index contributed by atoms with van der Waals surface area (Å²) in [5.74, 6) is -2.50. The molecule has 43 heavy (non-hydrogen) atoms. The number of rotatable bonds is 5. The van der Waals surface area contributed by atoms with Gasteiger partial charge in [0.2, 0.25) is 0 Å². The normalized spacial score (nSPS) is 25.4. The zero-order valence-electron chi connectivity index (χ0n) is 22.0. The maximum atomic E-state index is 14.2. The molecule has 1 unspecified atom stereocenters. The predicted octanol–water partition coefficient (Wildman–Crippen LogP) is 4.91. The number of nitrogens with zero attached hydrogens (tertiary/aromatic N) is 4. The Morgan fingerprint density at radius 1 is 1.09 bits per heavy atom. The van der Waals surface area contributed by atoms with Crippen LogP contribution in [0.3, 0.4) is 0 Å². The summed E-state index contributed by atoms with van der Waals surface area (Å²) in [6.07, 6.45) is -3.77. The lowest BCUT2D eigenvalue weighted by Gasteiger charge is -2.47. The van der Waals surface area contributed by atoms with E-state index in [-0.39, 0.29) is 17.9 Å². The van der Waals surface area contributed by atoms with E-state index in [4.69, 9.17) is 25.8 Å². The molecule has 5 aromatic rings. The van der Waals surface area contributed by atoms with Crippen molar-refractivity contribution in [2.75, 3.05) is 11.9 Å².